The summed E-state index contributed by atoms with van der Waals surface area (Å²) in [4.78, 5) is 53.1. The zero-order valence-corrected chi connectivity index (χ0v) is 20.1. The van der Waals surface area contributed by atoms with Crippen LogP contribution in [0.5, 0.6) is 0 Å². The SMILES string of the molecule is Cl.Cl.O=C1c2ccccc2C(=O)N1Cn1cnc(-c2cnccn2)c1.c1cnc(-c2cnc[nH]2)cn1. The van der Waals surface area contributed by atoms with Crippen LogP contribution >= 0.6 is 24.8 Å². The minimum absolute atomic E-state index is 0. The fourth-order valence-corrected chi connectivity index (χ4v) is 3.37. The summed E-state index contributed by atoms with van der Waals surface area (Å²) in [6.07, 6.45) is 16.4. The molecule has 2 amide bonds. The Bertz CT molecular complexity index is 1390. The second kappa shape index (κ2) is 11.8. The lowest BCUT2D eigenvalue weighted by Crippen LogP contribution is -2.31. The standard InChI is InChI=1S/C16H11N5O2.C7H6N4.2ClH/c22-15-11-3-1-2-4-12(11)16(23)21(15)10-20-8-14(19-9-20)13-7-17-5-6-18-13;1-2-10-6(3-8-1)7-4-9-5-11-7;;/h1-9H,10H2;1-5H,(H,9,11);2*1H. The van der Waals surface area contributed by atoms with Gasteiger partial charge in [-0.2, -0.15) is 0 Å². The zero-order chi connectivity index (χ0) is 23.3. The molecule has 0 saturated carbocycles. The van der Waals surface area contributed by atoms with E-state index in [1.54, 1.807) is 91.1 Å². The summed E-state index contributed by atoms with van der Waals surface area (Å²) in [7, 11) is 0. The summed E-state index contributed by atoms with van der Waals surface area (Å²) in [6, 6.07) is 6.82. The molecule has 1 aromatic carbocycles. The van der Waals surface area contributed by atoms with Crippen LogP contribution in [-0.4, -0.2) is 56.2 Å². The molecule has 36 heavy (non-hydrogen) atoms. The molecule has 0 atom stereocenters. The van der Waals surface area contributed by atoms with Crippen molar-refractivity contribution in [3.8, 4) is 22.8 Å². The van der Waals surface area contributed by atoms with E-state index in [9.17, 15) is 9.59 Å². The van der Waals surface area contributed by atoms with E-state index in [2.05, 4.69) is 34.9 Å². The molecule has 1 aliphatic heterocycles. The van der Waals surface area contributed by atoms with Crippen molar-refractivity contribution in [2.24, 2.45) is 0 Å². The van der Waals surface area contributed by atoms with Gasteiger partial charge in [0.15, 0.2) is 0 Å². The van der Waals surface area contributed by atoms with Crippen LogP contribution in [0.15, 0.2) is 86.5 Å². The molecule has 11 nitrogen and oxygen atoms in total. The summed E-state index contributed by atoms with van der Waals surface area (Å²) in [5.41, 5.74) is 3.84. The first-order valence-electron chi connectivity index (χ1n) is 10.2. The molecule has 5 heterocycles. The van der Waals surface area contributed by atoms with Gasteiger partial charge in [0, 0.05) is 31.0 Å². The Kier molecular flexibility index (Phi) is 8.55. The number of benzene rings is 1. The highest BCUT2D eigenvalue weighted by Crippen LogP contribution is 2.23. The van der Waals surface area contributed by atoms with Crippen LogP contribution in [0, 0.1) is 0 Å². The molecule has 6 rings (SSSR count). The molecular weight excluding hydrogens is 505 g/mol. The van der Waals surface area contributed by atoms with E-state index in [4.69, 9.17) is 0 Å². The first kappa shape index (κ1) is 26.1. The maximum atomic E-state index is 12.3. The van der Waals surface area contributed by atoms with Crippen molar-refractivity contribution in [1.82, 2.24) is 44.4 Å². The maximum absolute atomic E-state index is 12.3. The number of carbonyl (C=O) groups excluding carboxylic acids is 2. The molecule has 13 heteroatoms. The molecule has 4 aromatic heterocycles. The number of H-pyrrole nitrogens is 1. The van der Waals surface area contributed by atoms with Crippen LogP contribution in [0.4, 0.5) is 0 Å². The minimum atomic E-state index is -0.291. The van der Waals surface area contributed by atoms with E-state index in [1.807, 2.05) is 0 Å². The van der Waals surface area contributed by atoms with Gasteiger partial charge in [-0.3, -0.25) is 34.4 Å². The van der Waals surface area contributed by atoms with Crippen molar-refractivity contribution in [1.29, 1.82) is 0 Å². The minimum Gasteiger partial charge on any atom is -0.343 e. The number of nitrogens with one attached hydrogen (secondary N) is 1. The number of carbonyl (C=O) groups is 2. The molecule has 1 aliphatic rings. The highest BCUT2D eigenvalue weighted by Gasteiger charge is 2.35. The third-order valence-electron chi connectivity index (χ3n) is 4.98. The van der Waals surface area contributed by atoms with Gasteiger partial charge in [-0.05, 0) is 12.1 Å². The van der Waals surface area contributed by atoms with Crippen LogP contribution < -0.4 is 0 Å². The largest absolute Gasteiger partial charge is 0.343 e. The Balaban J connectivity index is 0.000000236. The second-order valence-corrected chi connectivity index (χ2v) is 7.15. The fraction of sp³-hybridized carbons (Fsp3) is 0.0435. The molecule has 0 bridgehead atoms. The first-order chi connectivity index (χ1) is 16.7. The molecular formula is C23H19Cl2N9O2. The van der Waals surface area contributed by atoms with Gasteiger partial charge in [0.2, 0.25) is 0 Å². The topological polar surface area (TPSA) is 135 Å². The van der Waals surface area contributed by atoms with Crippen LogP contribution in [-0.2, 0) is 6.67 Å². The lowest BCUT2D eigenvalue weighted by Gasteiger charge is -2.13. The van der Waals surface area contributed by atoms with Crippen molar-refractivity contribution in [3.05, 3.63) is 97.6 Å². The Morgan fingerprint density at radius 1 is 0.722 bits per heavy atom. The van der Waals surface area contributed by atoms with Gasteiger partial charge in [-0.15, -0.1) is 24.8 Å². The molecule has 1 N–H and O–H groups in total. The van der Waals surface area contributed by atoms with Crippen molar-refractivity contribution in [2.45, 2.75) is 6.67 Å². The normalized spacial score (nSPS) is 11.6. The van der Waals surface area contributed by atoms with Gasteiger partial charge in [0.25, 0.3) is 11.8 Å². The highest BCUT2D eigenvalue weighted by atomic mass is 35.5. The van der Waals surface area contributed by atoms with Crippen molar-refractivity contribution >= 4 is 36.6 Å². The van der Waals surface area contributed by atoms with Crippen molar-refractivity contribution < 1.29 is 9.59 Å². The lowest BCUT2D eigenvalue weighted by atomic mass is 10.1. The van der Waals surface area contributed by atoms with Gasteiger partial charge >= 0.3 is 0 Å². The van der Waals surface area contributed by atoms with Crippen LogP contribution in [0.25, 0.3) is 22.8 Å². The smallest absolute Gasteiger partial charge is 0.263 e. The number of aromatic amines is 1. The lowest BCUT2D eigenvalue weighted by molar-refractivity contribution is 0.0606. The Morgan fingerprint density at radius 2 is 1.36 bits per heavy atom. The number of nitrogens with zero attached hydrogens (tertiary/aromatic N) is 8. The summed E-state index contributed by atoms with van der Waals surface area (Å²) in [5, 5.41) is 0. The highest BCUT2D eigenvalue weighted by molar-refractivity contribution is 6.21. The Morgan fingerprint density at radius 3 is 1.92 bits per heavy atom. The van der Waals surface area contributed by atoms with Crippen molar-refractivity contribution in [3.63, 3.8) is 0 Å². The molecule has 0 radical (unpaired) electrons. The van der Waals surface area contributed by atoms with Gasteiger partial charge in [0.05, 0.1) is 48.1 Å². The maximum Gasteiger partial charge on any atom is 0.263 e. The van der Waals surface area contributed by atoms with Gasteiger partial charge in [0.1, 0.15) is 23.8 Å². The van der Waals surface area contributed by atoms with E-state index >= 15 is 0 Å². The molecule has 0 unspecified atom stereocenters. The van der Waals surface area contributed by atoms with Gasteiger partial charge in [-0.25, -0.2) is 9.97 Å². The monoisotopic (exact) mass is 523 g/mol. The molecule has 0 saturated heterocycles. The van der Waals surface area contributed by atoms with E-state index < -0.39 is 0 Å². The number of rotatable bonds is 4. The van der Waals surface area contributed by atoms with Crippen LogP contribution in [0.2, 0.25) is 0 Å². The number of halogens is 2. The second-order valence-electron chi connectivity index (χ2n) is 7.15. The summed E-state index contributed by atoms with van der Waals surface area (Å²) >= 11 is 0. The quantitative estimate of drug-likeness (QED) is 0.354. The zero-order valence-electron chi connectivity index (χ0n) is 18.5. The van der Waals surface area contributed by atoms with Crippen LogP contribution in [0.1, 0.15) is 20.7 Å². The van der Waals surface area contributed by atoms with Gasteiger partial charge < -0.3 is 9.55 Å². The average molecular weight is 524 g/mol. The predicted octanol–water partition coefficient (Wildman–Crippen LogP) is 3.30. The van der Waals surface area contributed by atoms with Crippen LogP contribution in [0.3, 0.4) is 0 Å². The molecule has 182 valence electrons. The number of imide groups is 1. The summed E-state index contributed by atoms with van der Waals surface area (Å²) < 4.78 is 1.67. The number of fused-ring (bicyclic) bond motifs is 1. The number of aromatic nitrogens is 8. The van der Waals surface area contributed by atoms with E-state index in [0.29, 0.717) is 22.5 Å². The van der Waals surface area contributed by atoms with Gasteiger partial charge in [-0.1, -0.05) is 12.1 Å². The number of hydrogen-bond acceptors (Lipinski definition) is 8. The molecule has 0 fully saturated rings. The number of hydrogen-bond donors (Lipinski definition) is 1. The summed E-state index contributed by atoms with van der Waals surface area (Å²) in [5.74, 6) is -0.583. The molecule has 0 aliphatic carbocycles. The average Bonchev–Trinajstić information content (AvgIpc) is 3.65. The first-order valence-corrected chi connectivity index (χ1v) is 10.2. The van der Waals surface area contributed by atoms with E-state index in [-0.39, 0.29) is 43.3 Å². The number of imidazole rings is 2. The van der Waals surface area contributed by atoms with E-state index in [1.165, 1.54) is 4.90 Å². The Labute approximate surface area is 217 Å². The Hall–Kier alpha value is -4.48. The summed E-state index contributed by atoms with van der Waals surface area (Å²) in [6.45, 7) is 0.111. The third kappa shape index (κ3) is 5.43. The third-order valence-corrected chi connectivity index (χ3v) is 4.98. The predicted molar refractivity (Wildman–Crippen MR) is 134 cm³/mol. The number of amides is 2. The van der Waals surface area contributed by atoms with E-state index in [0.717, 1.165) is 11.4 Å². The molecule has 0 spiro atoms. The fourth-order valence-electron chi connectivity index (χ4n) is 3.37. The molecule has 5 aromatic rings. The van der Waals surface area contributed by atoms with Crippen molar-refractivity contribution in [2.75, 3.05) is 0 Å².